The van der Waals surface area contributed by atoms with Gasteiger partial charge in [-0.1, -0.05) is 11.6 Å². The van der Waals surface area contributed by atoms with E-state index in [4.69, 9.17) is 23.2 Å². The minimum atomic E-state index is -0.839. The SMILES string of the molecule is CC(Cl)c1nc2cc(F)c(Cl)cc2n1CCCS(C)=O. The molecule has 1 aromatic carbocycles. The maximum Gasteiger partial charge on any atom is 0.144 e. The molecule has 1 heterocycles. The molecule has 0 saturated carbocycles. The largest absolute Gasteiger partial charge is 0.327 e. The Bertz CT molecular complexity index is 657. The smallest absolute Gasteiger partial charge is 0.144 e. The van der Waals surface area contributed by atoms with Crippen LogP contribution in [-0.2, 0) is 17.3 Å². The first kappa shape index (κ1) is 15.7. The van der Waals surface area contributed by atoms with Crippen molar-refractivity contribution in [2.75, 3.05) is 12.0 Å². The summed E-state index contributed by atoms with van der Waals surface area (Å²) < 4.78 is 26.6. The normalized spacial score (nSPS) is 14.7. The van der Waals surface area contributed by atoms with Crippen molar-refractivity contribution in [1.29, 1.82) is 0 Å². The van der Waals surface area contributed by atoms with Crippen LogP contribution < -0.4 is 0 Å². The number of imidazole rings is 1. The van der Waals surface area contributed by atoms with Crippen LogP contribution in [-0.4, -0.2) is 25.8 Å². The second-order valence-electron chi connectivity index (χ2n) is 4.62. The third-order valence-electron chi connectivity index (χ3n) is 2.99. The molecule has 0 amide bonds. The van der Waals surface area contributed by atoms with Gasteiger partial charge in [0.25, 0.3) is 0 Å². The zero-order chi connectivity index (χ0) is 14.9. The molecule has 2 rings (SSSR count). The Labute approximate surface area is 129 Å². The van der Waals surface area contributed by atoms with Crippen LogP contribution in [0.3, 0.4) is 0 Å². The molecule has 20 heavy (non-hydrogen) atoms. The van der Waals surface area contributed by atoms with E-state index in [-0.39, 0.29) is 10.4 Å². The lowest BCUT2D eigenvalue weighted by Crippen LogP contribution is -2.07. The van der Waals surface area contributed by atoms with E-state index in [0.717, 1.165) is 11.9 Å². The van der Waals surface area contributed by atoms with Crippen molar-refractivity contribution < 1.29 is 8.60 Å². The van der Waals surface area contributed by atoms with Crippen LogP contribution in [0, 0.1) is 5.82 Å². The van der Waals surface area contributed by atoms with Gasteiger partial charge in [-0.15, -0.1) is 11.6 Å². The van der Waals surface area contributed by atoms with E-state index in [9.17, 15) is 8.60 Å². The Balaban J connectivity index is 2.45. The molecular weight excluding hydrogens is 322 g/mol. The van der Waals surface area contributed by atoms with Crippen LogP contribution in [0.4, 0.5) is 4.39 Å². The summed E-state index contributed by atoms with van der Waals surface area (Å²) >= 11 is 12.0. The summed E-state index contributed by atoms with van der Waals surface area (Å²) in [5.41, 5.74) is 1.29. The fourth-order valence-electron chi connectivity index (χ4n) is 2.10. The van der Waals surface area contributed by atoms with Gasteiger partial charge in [0.15, 0.2) is 0 Å². The minimum absolute atomic E-state index is 0.0616. The number of fused-ring (bicyclic) bond motifs is 1. The molecule has 2 unspecified atom stereocenters. The lowest BCUT2D eigenvalue weighted by Gasteiger charge is -2.10. The summed E-state index contributed by atoms with van der Waals surface area (Å²) in [5, 5.41) is -0.233. The number of alkyl halides is 1. The lowest BCUT2D eigenvalue weighted by molar-refractivity contribution is 0.629. The highest BCUT2D eigenvalue weighted by Crippen LogP contribution is 2.28. The molecule has 110 valence electrons. The highest BCUT2D eigenvalue weighted by Gasteiger charge is 2.16. The number of hydrogen-bond donors (Lipinski definition) is 0. The van der Waals surface area contributed by atoms with E-state index in [1.165, 1.54) is 6.07 Å². The van der Waals surface area contributed by atoms with Gasteiger partial charge < -0.3 is 4.57 Å². The molecule has 2 aromatic rings. The first-order valence-corrected chi connectivity index (χ1v) is 8.73. The summed E-state index contributed by atoms with van der Waals surface area (Å²) in [7, 11) is -0.839. The molecule has 0 bridgehead atoms. The second-order valence-corrected chi connectivity index (χ2v) is 7.24. The van der Waals surface area contributed by atoms with Gasteiger partial charge in [-0.3, -0.25) is 4.21 Å². The number of aryl methyl sites for hydroxylation is 1. The average molecular weight is 337 g/mol. The molecule has 0 fully saturated rings. The quantitative estimate of drug-likeness (QED) is 0.776. The minimum Gasteiger partial charge on any atom is -0.327 e. The maximum atomic E-state index is 13.5. The highest BCUT2D eigenvalue weighted by molar-refractivity contribution is 7.84. The van der Waals surface area contributed by atoms with E-state index < -0.39 is 16.6 Å². The predicted molar refractivity (Wildman–Crippen MR) is 82.5 cm³/mol. The molecule has 2 atom stereocenters. The molecule has 0 N–H and O–H groups in total. The average Bonchev–Trinajstić information content (AvgIpc) is 2.68. The van der Waals surface area contributed by atoms with E-state index in [0.29, 0.717) is 23.6 Å². The summed E-state index contributed by atoms with van der Waals surface area (Å²) in [6, 6.07) is 2.87. The monoisotopic (exact) mass is 336 g/mol. The third-order valence-corrected chi connectivity index (χ3v) is 4.34. The van der Waals surface area contributed by atoms with E-state index in [1.54, 1.807) is 12.3 Å². The van der Waals surface area contributed by atoms with E-state index in [2.05, 4.69) is 4.98 Å². The summed E-state index contributed by atoms with van der Waals surface area (Å²) in [5.74, 6) is 0.780. The molecule has 0 saturated heterocycles. The standard InChI is InChI=1S/C13H15Cl2FN2OS/c1-8(14)13-17-11-7-10(16)9(15)6-12(11)18(13)4-3-5-20(2)19/h6-8H,3-5H2,1-2H3. The number of aromatic nitrogens is 2. The van der Waals surface area contributed by atoms with Gasteiger partial charge in [0.1, 0.15) is 11.6 Å². The molecule has 0 radical (unpaired) electrons. The molecule has 0 aliphatic heterocycles. The van der Waals surface area contributed by atoms with Crippen LogP contribution in [0.25, 0.3) is 11.0 Å². The van der Waals surface area contributed by atoms with Gasteiger partial charge in [0.2, 0.25) is 0 Å². The van der Waals surface area contributed by atoms with Gasteiger partial charge in [-0.25, -0.2) is 9.37 Å². The van der Waals surface area contributed by atoms with Crippen molar-refractivity contribution in [2.24, 2.45) is 0 Å². The van der Waals surface area contributed by atoms with Crippen LogP contribution in [0.5, 0.6) is 0 Å². The first-order valence-electron chi connectivity index (χ1n) is 6.19. The molecule has 1 aromatic heterocycles. The Morgan fingerprint density at radius 2 is 2.20 bits per heavy atom. The number of hydrogen-bond acceptors (Lipinski definition) is 2. The molecule has 7 heteroatoms. The Morgan fingerprint density at radius 3 is 2.80 bits per heavy atom. The van der Waals surface area contributed by atoms with Crippen molar-refractivity contribution >= 4 is 45.0 Å². The molecular formula is C13H15Cl2FN2OS. The van der Waals surface area contributed by atoms with Gasteiger partial charge in [0.05, 0.1) is 21.4 Å². The van der Waals surface area contributed by atoms with Crippen molar-refractivity contribution in [2.45, 2.75) is 25.3 Å². The molecule has 0 aliphatic carbocycles. The number of nitrogens with zero attached hydrogens (tertiary/aromatic N) is 2. The van der Waals surface area contributed by atoms with Gasteiger partial charge in [-0.2, -0.15) is 0 Å². The van der Waals surface area contributed by atoms with Gasteiger partial charge in [-0.05, 0) is 19.4 Å². The van der Waals surface area contributed by atoms with Gasteiger partial charge >= 0.3 is 0 Å². The number of benzene rings is 1. The third kappa shape index (κ3) is 3.32. The predicted octanol–water partition coefficient (Wildman–Crippen LogP) is 3.90. The van der Waals surface area contributed by atoms with E-state index >= 15 is 0 Å². The summed E-state index contributed by atoms with van der Waals surface area (Å²) in [6.45, 7) is 2.44. The van der Waals surface area contributed by atoms with Crippen LogP contribution in [0.15, 0.2) is 12.1 Å². The first-order chi connectivity index (χ1) is 9.40. The van der Waals surface area contributed by atoms with Crippen molar-refractivity contribution in [1.82, 2.24) is 9.55 Å². The molecule has 3 nitrogen and oxygen atoms in total. The summed E-state index contributed by atoms with van der Waals surface area (Å²) in [6.07, 6.45) is 2.41. The van der Waals surface area contributed by atoms with Gasteiger partial charge in [0, 0.05) is 35.4 Å². The van der Waals surface area contributed by atoms with Crippen LogP contribution in [0.2, 0.25) is 5.02 Å². The fourth-order valence-corrected chi connectivity index (χ4v) is 2.96. The lowest BCUT2D eigenvalue weighted by atomic mass is 10.3. The number of halogens is 3. The molecule has 0 aliphatic rings. The Hall–Kier alpha value is -0.650. The highest BCUT2D eigenvalue weighted by atomic mass is 35.5. The summed E-state index contributed by atoms with van der Waals surface area (Å²) in [4.78, 5) is 4.37. The maximum absolute atomic E-state index is 13.5. The van der Waals surface area contributed by atoms with Crippen LogP contribution in [0.1, 0.15) is 24.5 Å². The fraction of sp³-hybridized carbons (Fsp3) is 0.462. The Kier molecular flexibility index (Phi) is 5.04. The van der Waals surface area contributed by atoms with Crippen molar-refractivity contribution in [3.63, 3.8) is 0 Å². The van der Waals surface area contributed by atoms with Crippen molar-refractivity contribution in [3.8, 4) is 0 Å². The number of rotatable bonds is 5. The van der Waals surface area contributed by atoms with Crippen LogP contribution >= 0.6 is 23.2 Å². The van der Waals surface area contributed by atoms with Crippen molar-refractivity contribution in [3.05, 3.63) is 28.8 Å². The second kappa shape index (κ2) is 6.41. The zero-order valence-corrected chi connectivity index (χ0v) is 13.5. The Morgan fingerprint density at radius 1 is 1.50 bits per heavy atom. The molecule has 0 spiro atoms. The topological polar surface area (TPSA) is 34.9 Å². The van der Waals surface area contributed by atoms with E-state index in [1.807, 2.05) is 11.5 Å². The zero-order valence-electron chi connectivity index (χ0n) is 11.2.